The topological polar surface area (TPSA) is 48.1 Å². The largest absolute Gasteiger partial charge is 0.490 e. The van der Waals surface area contributed by atoms with Crippen LogP contribution < -0.4 is 10.5 Å². The molecule has 1 aromatic heterocycles. The molecule has 2 N–H and O–H groups in total. The highest BCUT2D eigenvalue weighted by Crippen LogP contribution is 2.32. The molecule has 1 saturated carbocycles. The molecule has 0 bridgehead atoms. The number of hydrogen-bond acceptors (Lipinski definition) is 3. The monoisotopic (exact) mass is 178 g/mol. The standard InChI is InChI=1S/C10H14N2O/c1-8-2-5-12-6-9(8)13-7-10(11)3-4-10/h2,5-6H,3-4,7,11H2,1H3. The molecule has 2 rings (SSSR count). The maximum Gasteiger partial charge on any atom is 0.140 e. The number of pyridine rings is 1. The Balaban J connectivity index is 1.97. The van der Waals surface area contributed by atoms with Crippen molar-refractivity contribution in [3.05, 3.63) is 24.0 Å². The molecule has 0 amide bonds. The highest BCUT2D eigenvalue weighted by atomic mass is 16.5. The molecular weight excluding hydrogens is 164 g/mol. The SMILES string of the molecule is Cc1ccncc1OCC1(N)CC1. The number of hydrogen-bond donors (Lipinski definition) is 1. The van der Waals surface area contributed by atoms with Gasteiger partial charge in [0.15, 0.2) is 0 Å². The van der Waals surface area contributed by atoms with Gasteiger partial charge in [0.25, 0.3) is 0 Å². The normalized spacial score (nSPS) is 18.3. The lowest BCUT2D eigenvalue weighted by atomic mass is 10.3. The molecular formula is C10H14N2O. The summed E-state index contributed by atoms with van der Waals surface area (Å²) in [7, 11) is 0. The van der Waals surface area contributed by atoms with E-state index >= 15 is 0 Å². The van der Waals surface area contributed by atoms with Gasteiger partial charge in [-0.15, -0.1) is 0 Å². The lowest BCUT2D eigenvalue weighted by Gasteiger charge is -2.11. The average Bonchev–Trinajstić information content (AvgIpc) is 2.83. The zero-order chi connectivity index (χ0) is 9.31. The molecule has 1 aromatic rings. The van der Waals surface area contributed by atoms with Gasteiger partial charge in [0, 0.05) is 6.20 Å². The van der Waals surface area contributed by atoms with Crippen molar-refractivity contribution >= 4 is 0 Å². The second-order valence-electron chi connectivity index (χ2n) is 3.79. The molecule has 3 heteroatoms. The quantitative estimate of drug-likeness (QED) is 0.758. The van der Waals surface area contributed by atoms with Crippen molar-refractivity contribution in [1.82, 2.24) is 4.98 Å². The second kappa shape index (κ2) is 3.00. The van der Waals surface area contributed by atoms with E-state index in [-0.39, 0.29) is 5.54 Å². The Morgan fingerprint density at radius 1 is 1.62 bits per heavy atom. The third-order valence-electron chi connectivity index (χ3n) is 2.40. The fourth-order valence-corrected chi connectivity index (χ4v) is 1.13. The van der Waals surface area contributed by atoms with E-state index in [9.17, 15) is 0 Å². The zero-order valence-electron chi connectivity index (χ0n) is 7.79. The van der Waals surface area contributed by atoms with Gasteiger partial charge in [0.1, 0.15) is 12.4 Å². The van der Waals surface area contributed by atoms with Crippen molar-refractivity contribution in [3.63, 3.8) is 0 Å². The number of nitrogens with two attached hydrogens (primary N) is 1. The molecule has 1 aliphatic rings. The summed E-state index contributed by atoms with van der Waals surface area (Å²) in [6.45, 7) is 2.62. The van der Waals surface area contributed by atoms with E-state index in [1.807, 2.05) is 13.0 Å². The van der Waals surface area contributed by atoms with E-state index in [0.29, 0.717) is 6.61 Å². The number of aromatic nitrogens is 1. The van der Waals surface area contributed by atoms with Gasteiger partial charge in [-0.2, -0.15) is 0 Å². The predicted octanol–water partition coefficient (Wildman–Crippen LogP) is 1.26. The van der Waals surface area contributed by atoms with E-state index in [2.05, 4.69) is 4.98 Å². The Morgan fingerprint density at radius 2 is 2.38 bits per heavy atom. The molecule has 0 saturated heterocycles. The lowest BCUT2D eigenvalue weighted by Crippen LogP contribution is -2.29. The first kappa shape index (κ1) is 8.51. The van der Waals surface area contributed by atoms with Crippen molar-refractivity contribution in [3.8, 4) is 5.75 Å². The predicted molar refractivity (Wildman–Crippen MR) is 50.6 cm³/mol. The first-order valence-electron chi connectivity index (χ1n) is 4.52. The number of ether oxygens (including phenoxy) is 1. The summed E-state index contributed by atoms with van der Waals surface area (Å²) < 4.78 is 5.58. The van der Waals surface area contributed by atoms with Crippen LogP contribution >= 0.6 is 0 Å². The van der Waals surface area contributed by atoms with Gasteiger partial charge in [-0.1, -0.05) is 0 Å². The number of rotatable bonds is 3. The van der Waals surface area contributed by atoms with E-state index in [1.54, 1.807) is 12.4 Å². The summed E-state index contributed by atoms with van der Waals surface area (Å²) in [5.41, 5.74) is 6.96. The minimum Gasteiger partial charge on any atom is -0.490 e. The van der Waals surface area contributed by atoms with Crippen LogP contribution in [0.1, 0.15) is 18.4 Å². The van der Waals surface area contributed by atoms with Gasteiger partial charge in [-0.25, -0.2) is 0 Å². The fourth-order valence-electron chi connectivity index (χ4n) is 1.13. The summed E-state index contributed by atoms with van der Waals surface area (Å²) in [5, 5.41) is 0. The molecule has 1 aliphatic carbocycles. The summed E-state index contributed by atoms with van der Waals surface area (Å²) in [6.07, 6.45) is 5.65. The summed E-state index contributed by atoms with van der Waals surface area (Å²) >= 11 is 0. The summed E-state index contributed by atoms with van der Waals surface area (Å²) in [4.78, 5) is 4.00. The smallest absolute Gasteiger partial charge is 0.140 e. The number of aryl methyl sites for hydroxylation is 1. The molecule has 1 heterocycles. The molecule has 0 unspecified atom stereocenters. The van der Waals surface area contributed by atoms with Gasteiger partial charge in [0.05, 0.1) is 11.7 Å². The van der Waals surface area contributed by atoms with Gasteiger partial charge >= 0.3 is 0 Å². The van der Waals surface area contributed by atoms with Crippen LogP contribution in [0.5, 0.6) is 5.75 Å². The minimum absolute atomic E-state index is 0.0533. The van der Waals surface area contributed by atoms with Crippen LogP contribution in [0.4, 0.5) is 0 Å². The van der Waals surface area contributed by atoms with Crippen LogP contribution in [0.2, 0.25) is 0 Å². The average molecular weight is 178 g/mol. The summed E-state index contributed by atoms with van der Waals surface area (Å²) in [6, 6.07) is 1.94. The van der Waals surface area contributed by atoms with Gasteiger partial charge in [-0.05, 0) is 31.4 Å². The highest BCUT2D eigenvalue weighted by molar-refractivity contribution is 5.28. The first-order chi connectivity index (χ1) is 6.20. The highest BCUT2D eigenvalue weighted by Gasteiger charge is 2.39. The molecule has 3 nitrogen and oxygen atoms in total. The Bertz CT molecular complexity index is 308. The lowest BCUT2D eigenvalue weighted by molar-refractivity contribution is 0.277. The summed E-state index contributed by atoms with van der Waals surface area (Å²) in [5.74, 6) is 0.847. The Kier molecular flexibility index (Phi) is 1.96. The van der Waals surface area contributed by atoms with Crippen molar-refractivity contribution < 1.29 is 4.74 Å². The van der Waals surface area contributed by atoms with Crippen LogP contribution in [0, 0.1) is 6.92 Å². The molecule has 70 valence electrons. The molecule has 13 heavy (non-hydrogen) atoms. The van der Waals surface area contributed by atoms with E-state index in [1.165, 1.54) is 0 Å². The van der Waals surface area contributed by atoms with Crippen molar-refractivity contribution in [2.75, 3.05) is 6.61 Å². The third kappa shape index (κ3) is 1.98. The Hall–Kier alpha value is -1.09. The van der Waals surface area contributed by atoms with Gasteiger partial charge in [0.2, 0.25) is 0 Å². The Morgan fingerprint density at radius 3 is 3.00 bits per heavy atom. The van der Waals surface area contributed by atoms with Gasteiger partial charge in [-0.3, -0.25) is 4.98 Å². The van der Waals surface area contributed by atoms with Crippen molar-refractivity contribution in [1.29, 1.82) is 0 Å². The third-order valence-corrected chi connectivity index (χ3v) is 2.40. The molecule has 1 fully saturated rings. The molecule has 0 atom stereocenters. The second-order valence-corrected chi connectivity index (χ2v) is 3.79. The Labute approximate surface area is 77.9 Å². The van der Waals surface area contributed by atoms with Crippen LogP contribution in [-0.2, 0) is 0 Å². The minimum atomic E-state index is -0.0533. The van der Waals surface area contributed by atoms with E-state index in [0.717, 1.165) is 24.2 Å². The van der Waals surface area contributed by atoms with Crippen LogP contribution in [0.15, 0.2) is 18.5 Å². The maximum atomic E-state index is 5.90. The number of nitrogens with zero attached hydrogens (tertiary/aromatic N) is 1. The van der Waals surface area contributed by atoms with Crippen molar-refractivity contribution in [2.45, 2.75) is 25.3 Å². The molecule has 0 spiro atoms. The molecule has 0 radical (unpaired) electrons. The molecule has 0 aliphatic heterocycles. The first-order valence-corrected chi connectivity index (χ1v) is 4.52. The van der Waals surface area contributed by atoms with Crippen LogP contribution in [0.25, 0.3) is 0 Å². The van der Waals surface area contributed by atoms with Crippen LogP contribution in [0.3, 0.4) is 0 Å². The van der Waals surface area contributed by atoms with Crippen LogP contribution in [-0.4, -0.2) is 17.1 Å². The van der Waals surface area contributed by atoms with Crippen molar-refractivity contribution in [2.24, 2.45) is 5.73 Å². The molecule has 0 aromatic carbocycles. The van der Waals surface area contributed by atoms with Gasteiger partial charge < -0.3 is 10.5 Å². The fraction of sp³-hybridized carbons (Fsp3) is 0.500. The maximum absolute atomic E-state index is 5.90. The van der Waals surface area contributed by atoms with E-state index < -0.39 is 0 Å². The zero-order valence-corrected chi connectivity index (χ0v) is 7.79. The van der Waals surface area contributed by atoms with E-state index in [4.69, 9.17) is 10.5 Å².